The number of hydrogen-bond acceptors (Lipinski definition) is 12. The van der Waals surface area contributed by atoms with Crippen molar-refractivity contribution in [2.75, 3.05) is 33.6 Å². The second-order valence-electron chi connectivity index (χ2n) is 11.8. The van der Waals surface area contributed by atoms with E-state index in [0.29, 0.717) is 31.9 Å². The van der Waals surface area contributed by atoms with E-state index in [1.165, 1.54) is 25.1 Å². The summed E-state index contributed by atoms with van der Waals surface area (Å²) in [7, 11) is -4.87. The molecule has 0 fully saturated rings. The lowest BCUT2D eigenvalue weighted by Crippen LogP contribution is -2.36. The number of sulfone groups is 1. The van der Waals surface area contributed by atoms with Crippen LogP contribution in [0.3, 0.4) is 0 Å². The Labute approximate surface area is 325 Å². The van der Waals surface area contributed by atoms with Gasteiger partial charge in [0.15, 0.2) is 9.84 Å². The zero-order valence-corrected chi connectivity index (χ0v) is 33.1. The molecule has 0 bridgehead atoms. The number of aliphatic hydroxyl groups is 1. The Bertz CT molecular complexity index is 2240. The Balaban J connectivity index is 1.68. The van der Waals surface area contributed by atoms with E-state index in [2.05, 4.69) is 15.4 Å². The molecule has 1 heterocycles. The molecule has 0 radical (unpaired) electrons. The summed E-state index contributed by atoms with van der Waals surface area (Å²) in [5, 5.41) is 34.3. The van der Waals surface area contributed by atoms with Crippen LogP contribution in [-0.4, -0.2) is 97.4 Å². The third-order valence-corrected chi connectivity index (χ3v) is 12.8. The van der Waals surface area contributed by atoms with E-state index in [4.69, 9.17) is 19.3 Å². The van der Waals surface area contributed by atoms with Crippen LogP contribution in [0.5, 0.6) is 17.2 Å². The van der Waals surface area contributed by atoms with E-state index >= 15 is 8.42 Å². The van der Waals surface area contributed by atoms with Crippen molar-refractivity contribution in [3.63, 3.8) is 0 Å². The van der Waals surface area contributed by atoms with Crippen molar-refractivity contribution in [2.45, 2.75) is 35.5 Å². The number of ether oxygens (including phenoxy) is 3. The molecule has 0 aliphatic heterocycles. The van der Waals surface area contributed by atoms with Gasteiger partial charge in [0.05, 0.1) is 50.2 Å². The van der Waals surface area contributed by atoms with Gasteiger partial charge >= 0.3 is 6.09 Å². The highest BCUT2D eigenvalue weighted by molar-refractivity contribution is 14.1. The molecule has 0 aliphatic carbocycles. The van der Waals surface area contributed by atoms with Crippen molar-refractivity contribution >= 4 is 48.5 Å². The van der Waals surface area contributed by atoms with Gasteiger partial charge in [0.2, 0.25) is 15.8 Å². The molecule has 1 unspecified atom stereocenters. The smallest absolute Gasteiger partial charge is 0.404 e. The van der Waals surface area contributed by atoms with Crippen LogP contribution in [-0.2, 0) is 39.5 Å². The third kappa shape index (κ3) is 9.82. The molecule has 0 saturated carbocycles. The maximum atomic E-state index is 15.2. The number of aromatic nitrogens is 4. The fourth-order valence-electron chi connectivity index (χ4n) is 5.38. The van der Waals surface area contributed by atoms with Gasteiger partial charge in [-0.15, -0.1) is 10.2 Å². The maximum Gasteiger partial charge on any atom is 0.404 e. The first kappa shape index (κ1) is 40.4. The highest BCUT2D eigenvalue weighted by Crippen LogP contribution is 2.38. The normalized spacial score (nSPS) is 12.3. The van der Waals surface area contributed by atoms with Gasteiger partial charge in [-0.3, -0.25) is 0 Å². The number of methoxy groups -OCH3 is 3. The van der Waals surface area contributed by atoms with Crippen LogP contribution in [0.15, 0.2) is 94.7 Å². The number of tetrazole rings is 1. The highest BCUT2D eigenvalue weighted by atomic mass is 127. The number of rotatable bonds is 17. The number of hydrogen-bond donors (Lipinski definition) is 3. The number of sulfonamides is 1. The Hall–Kier alpha value is -4.83. The first-order valence-electron chi connectivity index (χ1n) is 16.1. The van der Waals surface area contributed by atoms with Gasteiger partial charge in [-0.2, -0.15) is 9.10 Å². The number of aliphatic hydroxyl groups excluding tert-OH is 1. The molecule has 286 valence electrons. The summed E-state index contributed by atoms with van der Waals surface area (Å²) in [6, 6.07) is 23.2. The van der Waals surface area contributed by atoms with Gasteiger partial charge in [0, 0.05) is 23.2 Å². The number of benzene rings is 4. The van der Waals surface area contributed by atoms with Crippen LogP contribution in [0.4, 0.5) is 4.79 Å². The molecule has 5 rings (SSSR count). The fraction of sp³-hybridized carbons (Fsp3) is 0.257. The lowest BCUT2D eigenvalue weighted by atomic mass is 10.2. The largest absolute Gasteiger partial charge is 0.497 e. The summed E-state index contributed by atoms with van der Waals surface area (Å²) < 4.78 is 75.9. The van der Waals surface area contributed by atoms with E-state index in [9.17, 15) is 18.3 Å². The van der Waals surface area contributed by atoms with Crippen LogP contribution < -0.4 is 19.5 Å². The second kappa shape index (κ2) is 17.5. The number of nitrogens with zero attached hydrogens (tertiary/aromatic N) is 5. The summed E-state index contributed by atoms with van der Waals surface area (Å²) >= 11 is 1.89. The topological polar surface area (TPSA) is 212 Å². The van der Waals surface area contributed by atoms with E-state index in [1.54, 1.807) is 79.9 Å². The van der Waals surface area contributed by atoms with Gasteiger partial charge in [0.1, 0.15) is 22.1 Å². The first-order valence-corrected chi connectivity index (χ1v) is 20.3. The summed E-state index contributed by atoms with van der Waals surface area (Å²) in [6.45, 7) is -0.843. The fourth-order valence-corrected chi connectivity index (χ4v) is 10.1. The molecule has 0 aliphatic rings. The number of halogens is 1. The predicted octanol–water partition coefficient (Wildman–Crippen LogP) is 3.81. The molecule has 5 aromatic rings. The van der Waals surface area contributed by atoms with Crippen molar-refractivity contribution in [2.24, 2.45) is 0 Å². The Morgan fingerprint density at radius 2 is 1.31 bits per heavy atom. The van der Waals surface area contributed by atoms with Gasteiger partial charge in [0.25, 0.3) is 0 Å². The summed E-state index contributed by atoms with van der Waals surface area (Å²) in [6.07, 6.45) is -3.18. The quantitative estimate of drug-likeness (QED) is 0.114. The lowest BCUT2D eigenvalue weighted by Gasteiger charge is -2.26. The van der Waals surface area contributed by atoms with Crippen molar-refractivity contribution < 1.29 is 46.1 Å². The SMILES string of the molecule is COc1ccc(CN(Cc2ccc(OC)cc2)S(=O)(=O)c2c(S(=O)(=O)CC(O)CNC(=O)O)ccc(I)c2-c2nnn(Cc3ccc(OC)cc3)n2)cc1. The van der Waals surface area contributed by atoms with Gasteiger partial charge in [-0.05, 0) is 93.0 Å². The van der Waals surface area contributed by atoms with Crippen LogP contribution in [0.2, 0.25) is 0 Å². The average molecular weight is 893 g/mol. The standard InChI is InChI=1S/C35H37IN6O10S2/c1-50-27-10-4-23(5-11-27)19-41(20-24-6-12-28(51-2)13-7-24)54(48,49)33-31(53(46,47)22-26(43)18-37-35(44)45)17-16-30(36)32(33)34-38-40-42(39-34)21-25-8-14-29(52-3)15-9-25/h4-17,26,37,43H,18-22H2,1-3H3,(H,44,45). The average Bonchev–Trinajstić information content (AvgIpc) is 3.62. The first-order chi connectivity index (χ1) is 25.7. The second-order valence-corrected chi connectivity index (χ2v) is 16.9. The molecule has 1 amide bonds. The molecule has 3 N–H and O–H groups in total. The Morgan fingerprint density at radius 3 is 1.80 bits per heavy atom. The number of carbonyl (C=O) groups is 1. The van der Waals surface area contributed by atoms with Crippen molar-refractivity contribution in [3.05, 3.63) is 105 Å². The molecular formula is C35H37IN6O10S2. The van der Waals surface area contributed by atoms with Crippen LogP contribution in [0, 0.1) is 3.57 Å². The predicted molar refractivity (Wildman–Crippen MR) is 205 cm³/mol. The number of nitrogens with one attached hydrogen (secondary N) is 1. The molecule has 4 aromatic carbocycles. The summed E-state index contributed by atoms with van der Waals surface area (Å²) in [4.78, 5) is 11.0. The van der Waals surface area contributed by atoms with Gasteiger partial charge < -0.3 is 29.7 Å². The van der Waals surface area contributed by atoms with Gasteiger partial charge in [-0.1, -0.05) is 36.4 Å². The van der Waals surface area contributed by atoms with Crippen molar-refractivity contribution in [1.29, 1.82) is 0 Å². The van der Waals surface area contributed by atoms with Gasteiger partial charge in [-0.25, -0.2) is 21.6 Å². The van der Waals surface area contributed by atoms with Crippen LogP contribution in [0.25, 0.3) is 11.4 Å². The Kier molecular flexibility index (Phi) is 13.1. The van der Waals surface area contributed by atoms with Crippen molar-refractivity contribution in [3.8, 4) is 28.6 Å². The molecular weight excluding hydrogens is 855 g/mol. The maximum absolute atomic E-state index is 15.2. The summed E-state index contributed by atoms with van der Waals surface area (Å²) in [5.74, 6) is 0.592. The minimum Gasteiger partial charge on any atom is -0.497 e. The van der Waals surface area contributed by atoms with E-state index in [1.807, 2.05) is 27.9 Å². The molecule has 0 spiro atoms. The minimum atomic E-state index is -4.80. The van der Waals surface area contributed by atoms with Crippen LogP contribution >= 0.6 is 22.6 Å². The van der Waals surface area contributed by atoms with E-state index in [-0.39, 0.29) is 31.0 Å². The molecule has 1 atom stereocenters. The zero-order chi connectivity index (χ0) is 39.0. The molecule has 54 heavy (non-hydrogen) atoms. The number of amides is 1. The third-order valence-electron chi connectivity index (χ3n) is 8.10. The molecule has 19 heteroatoms. The molecule has 0 saturated heterocycles. The monoisotopic (exact) mass is 892 g/mol. The van der Waals surface area contributed by atoms with E-state index in [0.717, 1.165) is 15.9 Å². The van der Waals surface area contributed by atoms with Crippen LogP contribution in [0.1, 0.15) is 16.7 Å². The minimum absolute atomic E-state index is 0.120. The molecule has 16 nitrogen and oxygen atoms in total. The van der Waals surface area contributed by atoms with E-state index < -0.39 is 54.1 Å². The number of carboxylic acid groups (broad SMARTS) is 1. The Morgan fingerprint density at radius 1 is 0.815 bits per heavy atom. The highest BCUT2D eigenvalue weighted by Gasteiger charge is 2.38. The van der Waals surface area contributed by atoms with Crippen molar-refractivity contribution in [1.82, 2.24) is 29.8 Å². The lowest BCUT2D eigenvalue weighted by molar-refractivity contribution is 0.169. The zero-order valence-electron chi connectivity index (χ0n) is 29.3. The summed E-state index contributed by atoms with van der Waals surface area (Å²) in [5.41, 5.74) is 1.81. The molecule has 1 aromatic heterocycles.